The number of carboxylic acids is 1. The summed E-state index contributed by atoms with van der Waals surface area (Å²) >= 11 is 0. The van der Waals surface area contributed by atoms with Crippen molar-refractivity contribution >= 4 is 16.9 Å². The first-order valence-corrected chi connectivity index (χ1v) is 10.1. The minimum Gasteiger partial charge on any atom is -0.545 e. The minimum atomic E-state index is -1.22. The third-order valence-corrected chi connectivity index (χ3v) is 4.73. The number of aromatic nitrogens is 1. The fourth-order valence-electron chi connectivity index (χ4n) is 3.25. The van der Waals surface area contributed by atoms with E-state index < -0.39 is 5.97 Å². The molecule has 3 aromatic rings. The number of carbonyl (C=O) groups excluding carboxylic acids is 1. The van der Waals surface area contributed by atoms with Gasteiger partial charge in [0.25, 0.3) is 0 Å². The Morgan fingerprint density at radius 2 is 1.83 bits per heavy atom. The van der Waals surface area contributed by atoms with Gasteiger partial charge in [0.1, 0.15) is 0 Å². The molecule has 0 aliphatic carbocycles. The van der Waals surface area contributed by atoms with Crippen LogP contribution in [0.2, 0.25) is 0 Å². The molecule has 0 spiro atoms. The number of carboxylic acid groups (broad SMARTS) is 1. The predicted octanol–water partition coefficient (Wildman–Crippen LogP) is 4.54. The second-order valence-electron chi connectivity index (χ2n) is 7.01. The minimum absolute atomic E-state index is 0.131. The first kappa shape index (κ1) is 20.6. The fourth-order valence-corrected chi connectivity index (χ4v) is 3.25. The first-order chi connectivity index (χ1) is 14.0. The topological polar surface area (TPSA) is 71.5 Å². The van der Waals surface area contributed by atoms with Gasteiger partial charge in [0.15, 0.2) is 11.5 Å². The summed E-state index contributed by atoms with van der Waals surface area (Å²) in [7, 11) is 0. The van der Waals surface area contributed by atoms with Gasteiger partial charge in [-0.25, -0.2) is 4.98 Å². The molecule has 0 bridgehead atoms. The zero-order valence-electron chi connectivity index (χ0n) is 17.2. The van der Waals surface area contributed by atoms with Crippen molar-refractivity contribution in [3.8, 4) is 22.8 Å². The molecule has 3 rings (SSSR count). The van der Waals surface area contributed by atoms with Crippen molar-refractivity contribution in [3.63, 3.8) is 0 Å². The highest BCUT2D eigenvalue weighted by molar-refractivity contribution is 6.03. The standard InChI is InChI=1S/C24H27NO4/c1-4-6-7-12-29-22-11-9-17(14-23(22)28-5-2)21-15-19(24(26)27)18-13-16(3)8-10-20(18)25-21/h8-11,13-15H,4-7,12H2,1-3H3,(H,26,27)/p-1. The molecule has 0 amide bonds. The molecule has 0 saturated heterocycles. The van der Waals surface area contributed by atoms with Gasteiger partial charge in [-0.2, -0.15) is 0 Å². The number of aryl methyl sites for hydroxylation is 1. The van der Waals surface area contributed by atoms with E-state index >= 15 is 0 Å². The lowest BCUT2D eigenvalue weighted by molar-refractivity contribution is -0.254. The number of hydrogen-bond donors (Lipinski definition) is 0. The number of rotatable bonds is 9. The Kier molecular flexibility index (Phi) is 6.70. The molecule has 152 valence electrons. The summed E-state index contributed by atoms with van der Waals surface area (Å²) in [5, 5.41) is 12.3. The average molecular weight is 392 g/mol. The molecule has 29 heavy (non-hydrogen) atoms. The van der Waals surface area contributed by atoms with Crippen LogP contribution in [0.3, 0.4) is 0 Å². The Balaban J connectivity index is 2.01. The van der Waals surface area contributed by atoms with E-state index in [1.807, 2.05) is 50.2 Å². The molecule has 0 unspecified atom stereocenters. The monoisotopic (exact) mass is 392 g/mol. The quantitative estimate of drug-likeness (QED) is 0.500. The normalized spacial score (nSPS) is 10.9. The Labute approximate surface area is 171 Å². The molecule has 0 N–H and O–H groups in total. The highest BCUT2D eigenvalue weighted by Crippen LogP contribution is 2.34. The SMILES string of the molecule is CCCCCOc1ccc(-c2cc(C(=O)[O-])c3cc(C)ccc3n2)cc1OCC. The van der Waals surface area contributed by atoms with Crippen LogP contribution in [-0.2, 0) is 0 Å². The molecular formula is C24H26NO4-. The van der Waals surface area contributed by atoms with Gasteiger partial charge in [0, 0.05) is 16.5 Å². The Hall–Kier alpha value is -3.08. The van der Waals surface area contributed by atoms with Gasteiger partial charge in [-0.1, -0.05) is 31.4 Å². The van der Waals surface area contributed by atoms with E-state index in [2.05, 4.69) is 11.9 Å². The number of unbranched alkanes of at least 4 members (excludes halogenated alkanes) is 2. The highest BCUT2D eigenvalue weighted by Gasteiger charge is 2.12. The summed E-state index contributed by atoms with van der Waals surface area (Å²) < 4.78 is 11.6. The van der Waals surface area contributed by atoms with Crippen LogP contribution in [0.1, 0.15) is 49.0 Å². The zero-order valence-corrected chi connectivity index (χ0v) is 17.2. The van der Waals surface area contributed by atoms with E-state index in [-0.39, 0.29) is 5.56 Å². The van der Waals surface area contributed by atoms with Crippen LogP contribution in [0, 0.1) is 6.92 Å². The van der Waals surface area contributed by atoms with Gasteiger partial charge in [0.2, 0.25) is 0 Å². The van der Waals surface area contributed by atoms with Crippen molar-refractivity contribution < 1.29 is 19.4 Å². The van der Waals surface area contributed by atoms with Crippen LogP contribution in [-0.4, -0.2) is 24.2 Å². The molecule has 0 radical (unpaired) electrons. The average Bonchev–Trinajstić information content (AvgIpc) is 2.71. The van der Waals surface area contributed by atoms with Crippen molar-refractivity contribution in [3.05, 3.63) is 53.6 Å². The van der Waals surface area contributed by atoms with Gasteiger partial charge in [-0.15, -0.1) is 0 Å². The van der Waals surface area contributed by atoms with Crippen molar-refractivity contribution in [1.82, 2.24) is 4.98 Å². The van der Waals surface area contributed by atoms with Crippen LogP contribution in [0.25, 0.3) is 22.2 Å². The van der Waals surface area contributed by atoms with Crippen LogP contribution in [0.5, 0.6) is 11.5 Å². The molecule has 2 aromatic carbocycles. The van der Waals surface area contributed by atoms with Gasteiger partial charge in [-0.05, 0) is 56.7 Å². The number of pyridine rings is 1. The lowest BCUT2D eigenvalue weighted by Gasteiger charge is -2.15. The van der Waals surface area contributed by atoms with Crippen molar-refractivity contribution in [2.24, 2.45) is 0 Å². The number of carbonyl (C=O) groups is 1. The number of ether oxygens (including phenoxy) is 2. The zero-order chi connectivity index (χ0) is 20.8. The molecule has 0 saturated carbocycles. The number of fused-ring (bicyclic) bond motifs is 1. The van der Waals surface area contributed by atoms with Crippen molar-refractivity contribution in [1.29, 1.82) is 0 Å². The van der Waals surface area contributed by atoms with Gasteiger partial charge >= 0.3 is 0 Å². The van der Waals surface area contributed by atoms with Gasteiger partial charge in [0.05, 0.1) is 30.4 Å². The molecule has 1 heterocycles. The van der Waals surface area contributed by atoms with Crippen molar-refractivity contribution in [2.45, 2.75) is 40.0 Å². The molecule has 5 heteroatoms. The molecule has 0 atom stereocenters. The number of aromatic carboxylic acids is 1. The maximum Gasteiger partial charge on any atom is 0.161 e. The van der Waals surface area contributed by atoms with Crippen LogP contribution in [0.4, 0.5) is 0 Å². The van der Waals surface area contributed by atoms with E-state index in [1.165, 1.54) is 0 Å². The third-order valence-electron chi connectivity index (χ3n) is 4.73. The molecule has 5 nitrogen and oxygen atoms in total. The molecular weight excluding hydrogens is 366 g/mol. The van der Waals surface area contributed by atoms with E-state index in [4.69, 9.17) is 9.47 Å². The predicted molar refractivity (Wildman–Crippen MR) is 112 cm³/mol. The van der Waals surface area contributed by atoms with Gasteiger partial charge in [-0.3, -0.25) is 0 Å². The maximum absolute atomic E-state index is 11.7. The number of benzene rings is 2. The molecule has 1 aromatic heterocycles. The molecule has 0 fully saturated rings. The number of nitrogens with zero attached hydrogens (tertiary/aromatic N) is 1. The Bertz CT molecular complexity index is 1010. The smallest absolute Gasteiger partial charge is 0.161 e. The maximum atomic E-state index is 11.7. The summed E-state index contributed by atoms with van der Waals surface area (Å²) in [6, 6.07) is 12.7. The van der Waals surface area contributed by atoms with Crippen molar-refractivity contribution in [2.75, 3.05) is 13.2 Å². The lowest BCUT2D eigenvalue weighted by Crippen LogP contribution is -2.22. The third kappa shape index (κ3) is 4.86. The van der Waals surface area contributed by atoms with E-state index in [9.17, 15) is 9.90 Å². The highest BCUT2D eigenvalue weighted by atomic mass is 16.5. The van der Waals surface area contributed by atoms with Gasteiger partial charge < -0.3 is 19.4 Å². The fraction of sp³-hybridized carbons (Fsp3) is 0.333. The number of hydrogen-bond acceptors (Lipinski definition) is 5. The second kappa shape index (κ2) is 9.41. The lowest BCUT2D eigenvalue weighted by atomic mass is 10.0. The summed E-state index contributed by atoms with van der Waals surface area (Å²) in [6.07, 6.45) is 3.24. The molecule has 0 aliphatic heterocycles. The Morgan fingerprint density at radius 3 is 2.55 bits per heavy atom. The first-order valence-electron chi connectivity index (χ1n) is 10.1. The second-order valence-corrected chi connectivity index (χ2v) is 7.01. The van der Waals surface area contributed by atoms with Crippen LogP contribution >= 0.6 is 0 Å². The largest absolute Gasteiger partial charge is 0.545 e. The summed E-state index contributed by atoms with van der Waals surface area (Å²) in [6.45, 7) is 7.12. The molecule has 0 aliphatic rings. The van der Waals surface area contributed by atoms with E-state index in [0.29, 0.717) is 41.3 Å². The summed E-state index contributed by atoms with van der Waals surface area (Å²) in [5.74, 6) is 0.0932. The van der Waals surface area contributed by atoms with E-state index in [0.717, 1.165) is 30.4 Å². The van der Waals surface area contributed by atoms with Crippen LogP contribution in [0.15, 0.2) is 42.5 Å². The summed E-state index contributed by atoms with van der Waals surface area (Å²) in [4.78, 5) is 16.4. The summed E-state index contributed by atoms with van der Waals surface area (Å²) in [5.41, 5.74) is 3.04. The van der Waals surface area contributed by atoms with E-state index in [1.54, 1.807) is 6.07 Å². The van der Waals surface area contributed by atoms with Crippen LogP contribution < -0.4 is 14.6 Å². The Morgan fingerprint density at radius 1 is 1.00 bits per heavy atom.